The van der Waals surface area contributed by atoms with Crippen LogP contribution in [0.1, 0.15) is 19.8 Å². The Labute approximate surface area is 108 Å². The van der Waals surface area contributed by atoms with Gasteiger partial charge in [0.15, 0.2) is 0 Å². The van der Waals surface area contributed by atoms with Crippen LogP contribution < -0.4 is 10.6 Å². The number of pyridine rings is 1. The van der Waals surface area contributed by atoms with Gasteiger partial charge < -0.3 is 15.5 Å². The number of carbonyl (C=O) groups is 1. The summed E-state index contributed by atoms with van der Waals surface area (Å²) in [5, 5.41) is 6.20. The summed E-state index contributed by atoms with van der Waals surface area (Å²) in [6.07, 6.45) is 3.97. The maximum absolute atomic E-state index is 12.1. The summed E-state index contributed by atoms with van der Waals surface area (Å²) in [4.78, 5) is 18.2. The molecule has 1 unspecified atom stereocenters. The molecule has 0 aliphatic carbocycles. The molecule has 1 saturated heterocycles. The maximum Gasteiger partial charge on any atom is 0.244 e. The second-order valence-corrected chi connectivity index (χ2v) is 4.58. The topological polar surface area (TPSA) is 57.3 Å². The number of anilines is 2. The lowest BCUT2D eigenvalue weighted by Gasteiger charge is -2.22. The SMILES string of the molecule is CNc1cc(NC(C)C(=O)N2CCCC2)ccn1. The molecule has 1 atom stereocenters. The molecule has 98 valence electrons. The zero-order valence-corrected chi connectivity index (χ0v) is 10.9. The normalized spacial score (nSPS) is 16.4. The molecule has 1 aromatic heterocycles. The predicted octanol–water partition coefficient (Wildman–Crippen LogP) is 1.55. The van der Waals surface area contributed by atoms with Gasteiger partial charge in [0.25, 0.3) is 0 Å². The van der Waals surface area contributed by atoms with Gasteiger partial charge >= 0.3 is 0 Å². The van der Waals surface area contributed by atoms with Crippen molar-refractivity contribution < 1.29 is 4.79 Å². The van der Waals surface area contributed by atoms with Gasteiger partial charge in [-0.25, -0.2) is 4.98 Å². The van der Waals surface area contributed by atoms with Crippen molar-refractivity contribution in [2.45, 2.75) is 25.8 Å². The quantitative estimate of drug-likeness (QED) is 0.848. The van der Waals surface area contributed by atoms with Gasteiger partial charge in [-0.3, -0.25) is 4.79 Å². The second kappa shape index (κ2) is 5.71. The first-order valence-electron chi connectivity index (χ1n) is 6.40. The second-order valence-electron chi connectivity index (χ2n) is 4.58. The first-order valence-corrected chi connectivity index (χ1v) is 6.40. The van der Waals surface area contributed by atoms with Crippen LogP contribution in [-0.2, 0) is 4.79 Å². The Morgan fingerprint density at radius 2 is 2.17 bits per heavy atom. The predicted molar refractivity (Wildman–Crippen MR) is 72.7 cm³/mol. The van der Waals surface area contributed by atoms with E-state index in [2.05, 4.69) is 15.6 Å². The molecule has 18 heavy (non-hydrogen) atoms. The van der Waals surface area contributed by atoms with Gasteiger partial charge in [0.05, 0.1) is 0 Å². The highest BCUT2D eigenvalue weighted by Gasteiger charge is 2.22. The van der Waals surface area contributed by atoms with Crippen LogP contribution in [0.15, 0.2) is 18.3 Å². The summed E-state index contributed by atoms with van der Waals surface area (Å²) in [6.45, 7) is 3.69. The highest BCUT2D eigenvalue weighted by molar-refractivity contribution is 5.84. The number of rotatable bonds is 4. The molecule has 0 radical (unpaired) electrons. The molecule has 1 aliphatic rings. The molecule has 0 saturated carbocycles. The van der Waals surface area contributed by atoms with Gasteiger partial charge in [-0.05, 0) is 25.8 Å². The fourth-order valence-electron chi connectivity index (χ4n) is 2.18. The van der Waals surface area contributed by atoms with E-state index in [-0.39, 0.29) is 11.9 Å². The molecule has 0 bridgehead atoms. The smallest absolute Gasteiger partial charge is 0.244 e. The summed E-state index contributed by atoms with van der Waals surface area (Å²) in [5.74, 6) is 0.969. The zero-order valence-electron chi connectivity index (χ0n) is 10.9. The summed E-state index contributed by atoms with van der Waals surface area (Å²) in [7, 11) is 1.82. The number of nitrogens with zero attached hydrogens (tertiary/aromatic N) is 2. The van der Waals surface area contributed by atoms with E-state index in [9.17, 15) is 4.79 Å². The molecule has 0 aromatic carbocycles. The average molecular weight is 248 g/mol. The number of likely N-dealkylation sites (tertiary alicyclic amines) is 1. The molecule has 2 heterocycles. The van der Waals surface area contributed by atoms with Gasteiger partial charge in [-0.1, -0.05) is 0 Å². The van der Waals surface area contributed by atoms with E-state index in [1.54, 1.807) is 6.20 Å². The number of aromatic nitrogens is 1. The minimum Gasteiger partial charge on any atom is -0.374 e. The van der Waals surface area contributed by atoms with E-state index in [4.69, 9.17) is 0 Å². The Bertz CT molecular complexity index is 415. The molecule has 1 aliphatic heterocycles. The first-order chi connectivity index (χ1) is 8.70. The maximum atomic E-state index is 12.1. The zero-order chi connectivity index (χ0) is 13.0. The minimum atomic E-state index is -0.199. The Morgan fingerprint density at radius 3 is 2.83 bits per heavy atom. The van der Waals surface area contributed by atoms with Crippen LogP contribution in [0.3, 0.4) is 0 Å². The molecule has 1 amide bonds. The van der Waals surface area contributed by atoms with Crippen molar-refractivity contribution in [1.82, 2.24) is 9.88 Å². The Balaban J connectivity index is 1.97. The van der Waals surface area contributed by atoms with Crippen LogP contribution in [0.2, 0.25) is 0 Å². The Morgan fingerprint density at radius 1 is 1.44 bits per heavy atom. The number of hydrogen-bond acceptors (Lipinski definition) is 4. The van der Waals surface area contributed by atoms with Gasteiger partial charge in [-0.15, -0.1) is 0 Å². The first kappa shape index (κ1) is 12.7. The van der Waals surface area contributed by atoms with Gasteiger partial charge in [0.1, 0.15) is 11.9 Å². The highest BCUT2D eigenvalue weighted by atomic mass is 16.2. The van der Waals surface area contributed by atoms with E-state index in [0.29, 0.717) is 0 Å². The molecule has 0 spiro atoms. The molecule has 2 N–H and O–H groups in total. The Kier molecular flexibility index (Phi) is 4.02. The van der Waals surface area contributed by atoms with Crippen molar-refractivity contribution in [2.24, 2.45) is 0 Å². The van der Waals surface area contributed by atoms with E-state index in [1.165, 1.54) is 0 Å². The fourth-order valence-corrected chi connectivity index (χ4v) is 2.18. The molecule has 2 rings (SSSR count). The number of carbonyl (C=O) groups excluding carboxylic acids is 1. The third-order valence-electron chi connectivity index (χ3n) is 3.19. The molecular weight excluding hydrogens is 228 g/mol. The number of amides is 1. The Hall–Kier alpha value is -1.78. The third-order valence-corrected chi connectivity index (χ3v) is 3.19. The summed E-state index contributed by atoms with van der Waals surface area (Å²) < 4.78 is 0. The van der Waals surface area contributed by atoms with Crippen molar-refractivity contribution >= 4 is 17.4 Å². The van der Waals surface area contributed by atoms with E-state index in [1.807, 2.05) is 31.0 Å². The van der Waals surface area contributed by atoms with Gasteiger partial charge in [0, 0.05) is 38.1 Å². The summed E-state index contributed by atoms with van der Waals surface area (Å²) in [5.41, 5.74) is 0.911. The van der Waals surface area contributed by atoms with Crippen LogP contribution >= 0.6 is 0 Å². The largest absolute Gasteiger partial charge is 0.374 e. The molecule has 1 aromatic rings. The summed E-state index contributed by atoms with van der Waals surface area (Å²) in [6, 6.07) is 3.57. The third kappa shape index (κ3) is 2.91. The van der Waals surface area contributed by atoms with Crippen LogP contribution in [0.4, 0.5) is 11.5 Å². The molecule has 1 fully saturated rings. The standard InChI is InChI=1S/C13H20N4O/c1-10(13(18)17-7-3-4-8-17)16-11-5-6-15-12(9-11)14-2/h5-6,9-10H,3-4,7-8H2,1-2H3,(H2,14,15,16). The number of nitrogens with one attached hydrogen (secondary N) is 2. The van der Waals surface area contributed by atoms with Crippen molar-refractivity contribution in [2.75, 3.05) is 30.8 Å². The van der Waals surface area contributed by atoms with Crippen LogP contribution in [0.25, 0.3) is 0 Å². The lowest BCUT2D eigenvalue weighted by atomic mass is 10.2. The summed E-state index contributed by atoms with van der Waals surface area (Å²) >= 11 is 0. The van der Waals surface area contributed by atoms with E-state index >= 15 is 0 Å². The van der Waals surface area contributed by atoms with Gasteiger partial charge in [0.2, 0.25) is 5.91 Å². The molecule has 5 heteroatoms. The van der Waals surface area contributed by atoms with Crippen molar-refractivity contribution in [3.63, 3.8) is 0 Å². The lowest BCUT2D eigenvalue weighted by Crippen LogP contribution is -2.39. The van der Waals surface area contributed by atoms with Crippen LogP contribution in [0.5, 0.6) is 0 Å². The monoisotopic (exact) mass is 248 g/mol. The highest BCUT2D eigenvalue weighted by Crippen LogP contribution is 2.15. The molecular formula is C13H20N4O. The fraction of sp³-hybridized carbons (Fsp3) is 0.538. The van der Waals surface area contributed by atoms with Crippen molar-refractivity contribution in [3.05, 3.63) is 18.3 Å². The van der Waals surface area contributed by atoms with Gasteiger partial charge in [-0.2, -0.15) is 0 Å². The number of hydrogen-bond donors (Lipinski definition) is 2. The van der Waals surface area contributed by atoms with Crippen molar-refractivity contribution in [3.8, 4) is 0 Å². The lowest BCUT2D eigenvalue weighted by molar-refractivity contribution is -0.130. The average Bonchev–Trinajstić information content (AvgIpc) is 2.92. The molecule has 5 nitrogen and oxygen atoms in total. The van der Waals surface area contributed by atoms with E-state index in [0.717, 1.165) is 37.4 Å². The van der Waals surface area contributed by atoms with Crippen LogP contribution in [0, 0.1) is 0 Å². The minimum absolute atomic E-state index is 0.176. The van der Waals surface area contributed by atoms with Crippen LogP contribution in [-0.4, -0.2) is 42.0 Å². The van der Waals surface area contributed by atoms with E-state index < -0.39 is 0 Å². The van der Waals surface area contributed by atoms with Crippen molar-refractivity contribution in [1.29, 1.82) is 0 Å².